The summed E-state index contributed by atoms with van der Waals surface area (Å²) >= 11 is 0. The maximum Gasteiger partial charge on any atom is 0.226 e. The van der Waals surface area contributed by atoms with E-state index in [0.717, 1.165) is 61.8 Å². The molecule has 7 heteroatoms. The molecule has 5 rings (SSSR count). The van der Waals surface area contributed by atoms with Crippen molar-refractivity contribution in [3.8, 4) is 11.3 Å². The van der Waals surface area contributed by atoms with Crippen LogP contribution in [0.5, 0.6) is 0 Å². The second-order valence-corrected chi connectivity index (χ2v) is 8.14. The van der Waals surface area contributed by atoms with Gasteiger partial charge in [0.2, 0.25) is 11.9 Å². The Hall–Kier alpha value is -2.44. The van der Waals surface area contributed by atoms with Gasteiger partial charge in [-0.25, -0.2) is 9.97 Å². The molecule has 0 spiro atoms. The minimum atomic E-state index is 0.0769. The predicted octanol–water partition coefficient (Wildman–Crippen LogP) is 2.79. The first kappa shape index (κ1) is 16.7. The third-order valence-corrected chi connectivity index (χ3v) is 6.27. The zero-order valence-corrected chi connectivity index (χ0v) is 15.8. The highest BCUT2D eigenvalue weighted by molar-refractivity contribution is 5.82. The normalized spacial score (nSPS) is 27.4. The van der Waals surface area contributed by atoms with Crippen LogP contribution in [0.4, 0.5) is 5.95 Å². The highest BCUT2D eigenvalue weighted by Crippen LogP contribution is 2.44. The van der Waals surface area contributed by atoms with Crippen molar-refractivity contribution < 1.29 is 4.79 Å². The maximum absolute atomic E-state index is 12.9. The summed E-state index contributed by atoms with van der Waals surface area (Å²) in [6, 6.07) is 2.02. The van der Waals surface area contributed by atoms with E-state index in [1.54, 1.807) is 0 Å². The van der Waals surface area contributed by atoms with E-state index in [1.807, 2.05) is 18.5 Å². The van der Waals surface area contributed by atoms with E-state index in [9.17, 15) is 4.79 Å². The Kier molecular flexibility index (Phi) is 4.10. The molecule has 2 aromatic rings. The van der Waals surface area contributed by atoms with Crippen molar-refractivity contribution >= 4 is 11.9 Å². The van der Waals surface area contributed by atoms with Crippen LogP contribution in [0.3, 0.4) is 0 Å². The van der Waals surface area contributed by atoms with Crippen LogP contribution in [0.2, 0.25) is 0 Å². The molecule has 3 fully saturated rings. The Morgan fingerprint density at radius 1 is 1.22 bits per heavy atom. The summed E-state index contributed by atoms with van der Waals surface area (Å²) in [5, 5.41) is 7.48. The van der Waals surface area contributed by atoms with Gasteiger partial charge in [-0.3, -0.25) is 9.89 Å². The largest absolute Gasteiger partial charge is 0.341 e. The molecule has 27 heavy (non-hydrogen) atoms. The lowest BCUT2D eigenvalue weighted by molar-refractivity contribution is -0.133. The summed E-state index contributed by atoms with van der Waals surface area (Å²) in [6.45, 7) is 5.04. The number of nitrogens with zero attached hydrogens (tertiary/aromatic N) is 5. The molecule has 3 aliphatic rings. The number of carbonyl (C=O) groups is 1. The lowest BCUT2D eigenvalue weighted by Gasteiger charge is -2.25. The summed E-state index contributed by atoms with van der Waals surface area (Å²) in [6.07, 6.45) is 9.11. The molecule has 4 heterocycles. The molecule has 2 aromatic heterocycles. The molecule has 7 nitrogen and oxygen atoms in total. The Bertz CT molecular complexity index is 843. The molecule has 2 aliphatic heterocycles. The molecule has 142 valence electrons. The first-order chi connectivity index (χ1) is 13.2. The molecule has 2 saturated heterocycles. The number of hydrogen-bond donors (Lipinski definition) is 1. The number of likely N-dealkylation sites (tertiary alicyclic amines) is 1. The number of anilines is 1. The number of H-pyrrole nitrogens is 1. The number of aromatic nitrogens is 4. The van der Waals surface area contributed by atoms with Crippen LogP contribution >= 0.6 is 0 Å². The van der Waals surface area contributed by atoms with E-state index in [-0.39, 0.29) is 12.0 Å². The van der Waals surface area contributed by atoms with E-state index >= 15 is 0 Å². The van der Waals surface area contributed by atoms with Crippen molar-refractivity contribution in [1.82, 2.24) is 25.1 Å². The third-order valence-electron chi connectivity index (χ3n) is 6.27. The molecule has 0 radical (unpaired) electrons. The van der Waals surface area contributed by atoms with Crippen LogP contribution in [0.25, 0.3) is 11.3 Å². The average Bonchev–Trinajstić information content (AvgIpc) is 3.21. The summed E-state index contributed by atoms with van der Waals surface area (Å²) in [7, 11) is 0. The van der Waals surface area contributed by atoms with Crippen molar-refractivity contribution in [2.75, 3.05) is 24.5 Å². The SMILES string of the molecule is CC1CC1C(=O)N1CCCC1c1[nH]ncc1-c1ccnc(N2CCCC2)n1. The smallest absolute Gasteiger partial charge is 0.226 e. The first-order valence-corrected chi connectivity index (χ1v) is 10.1. The number of carbonyl (C=O) groups excluding carboxylic acids is 1. The fourth-order valence-electron chi connectivity index (χ4n) is 4.53. The summed E-state index contributed by atoms with van der Waals surface area (Å²) in [5.74, 6) is 1.86. The summed E-state index contributed by atoms with van der Waals surface area (Å²) in [4.78, 5) is 26.4. The van der Waals surface area contributed by atoms with Gasteiger partial charge in [-0.05, 0) is 44.1 Å². The van der Waals surface area contributed by atoms with Crippen molar-refractivity contribution in [2.45, 2.75) is 45.1 Å². The molecular formula is C20H26N6O. The van der Waals surface area contributed by atoms with Gasteiger partial charge in [0.1, 0.15) is 0 Å². The highest BCUT2D eigenvalue weighted by Gasteiger charge is 2.45. The van der Waals surface area contributed by atoms with Gasteiger partial charge in [0.25, 0.3) is 0 Å². The third kappa shape index (κ3) is 2.99. The summed E-state index contributed by atoms with van der Waals surface area (Å²) in [5.41, 5.74) is 2.89. The van der Waals surface area contributed by atoms with E-state index in [0.29, 0.717) is 11.8 Å². The number of nitrogens with one attached hydrogen (secondary N) is 1. The number of aromatic amines is 1. The molecule has 1 saturated carbocycles. The van der Waals surface area contributed by atoms with Gasteiger partial charge >= 0.3 is 0 Å². The van der Waals surface area contributed by atoms with Crippen LogP contribution in [0.1, 0.15) is 50.8 Å². The van der Waals surface area contributed by atoms with Gasteiger partial charge < -0.3 is 9.80 Å². The van der Waals surface area contributed by atoms with E-state index in [2.05, 4.69) is 31.9 Å². The van der Waals surface area contributed by atoms with Crippen molar-refractivity contribution in [3.05, 3.63) is 24.2 Å². The summed E-state index contributed by atoms with van der Waals surface area (Å²) < 4.78 is 0. The monoisotopic (exact) mass is 366 g/mol. The molecule has 0 bridgehead atoms. The zero-order valence-electron chi connectivity index (χ0n) is 15.8. The minimum absolute atomic E-state index is 0.0769. The van der Waals surface area contributed by atoms with Crippen LogP contribution in [-0.2, 0) is 4.79 Å². The predicted molar refractivity (Wildman–Crippen MR) is 102 cm³/mol. The topological polar surface area (TPSA) is 78.0 Å². The van der Waals surface area contributed by atoms with Crippen molar-refractivity contribution in [2.24, 2.45) is 11.8 Å². The molecule has 1 amide bonds. The van der Waals surface area contributed by atoms with Gasteiger partial charge in [0.05, 0.1) is 23.6 Å². The molecule has 3 unspecified atom stereocenters. The lowest BCUT2D eigenvalue weighted by Crippen LogP contribution is -2.32. The zero-order chi connectivity index (χ0) is 18.4. The second-order valence-electron chi connectivity index (χ2n) is 8.14. The highest BCUT2D eigenvalue weighted by atomic mass is 16.2. The fourth-order valence-corrected chi connectivity index (χ4v) is 4.53. The Morgan fingerprint density at radius 2 is 2.04 bits per heavy atom. The number of amides is 1. The van der Waals surface area contributed by atoms with Gasteiger partial charge in [-0.15, -0.1) is 0 Å². The Morgan fingerprint density at radius 3 is 2.81 bits per heavy atom. The Balaban J connectivity index is 1.44. The maximum atomic E-state index is 12.9. The van der Waals surface area contributed by atoms with Gasteiger partial charge in [0, 0.05) is 37.3 Å². The molecule has 1 N–H and O–H groups in total. The molecule has 3 atom stereocenters. The van der Waals surface area contributed by atoms with E-state index < -0.39 is 0 Å². The van der Waals surface area contributed by atoms with E-state index in [4.69, 9.17) is 4.98 Å². The second kappa shape index (κ2) is 6.62. The Labute approximate surface area is 159 Å². The minimum Gasteiger partial charge on any atom is -0.341 e. The van der Waals surface area contributed by atoms with Gasteiger partial charge in [-0.2, -0.15) is 5.10 Å². The first-order valence-electron chi connectivity index (χ1n) is 10.1. The fraction of sp³-hybridized carbons (Fsp3) is 0.600. The van der Waals surface area contributed by atoms with E-state index in [1.165, 1.54) is 12.8 Å². The van der Waals surface area contributed by atoms with Crippen molar-refractivity contribution in [1.29, 1.82) is 0 Å². The molecule has 0 aromatic carbocycles. The van der Waals surface area contributed by atoms with Gasteiger partial charge in [0.15, 0.2) is 0 Å². The van der Waals surface area contributed by atoms with Crippen LogP contribution in [0.15, 0.2) is 18.5 Å². The number of rotatable bonds is 4. The average molecular weight is 366 g/mol. The van der Waals surface area contributed by atoms with Crippen LogP contribution < -0.4 is 4.90 Å². The standard InChI is InChI=1S/C20H26N6O/c1-13-11-14(13)19(27)26-10-4-5-17(26)18-15(12-22-24-18)16-6-7-21-20(23-16)25-8-2-3-9-25/h6-7,12-14,17H,2-5,8-11H2,1H3,(H,22,24). The van der Waals surface area contributed by atoms with Crippen LogP contribution in [-0.4, -0.2) is 50.6 Å². The number of hydrogen-bond acceptors (Lipinski definition) is 5. The molecular weight excluding hydrogens is 340 g/mol. The quantitative estimate of drug-likeness (QED) is 0.900. The lowest BCUT2D eigenvalue weighted by atomic mass is 10.0. The van der Waals surface area contributed by atoms with Crippen molar-refractivity contribution in [3.63, 3.8) is 0 Å². The van der Waals surface area contributed by atoms with Gasteiger partial charge in [-0.1, -0.05) is 6.92 Å². The molecule has 1 aliphatic carbocycles. The van der Waals surface area contributed by atoms with Crippen LogP contribution in [0, 0.1) is 11.8 Å².